The van der Waals surface area contributed by atoms with E-state index in [1.54, 1.807) is 18.7 Å². The zero-order valence-electron chi connectivity index (χ0n) is 19.5. The number of rotatable bonds is 4. The number of aliphatic imine (C=N–C) groups is 1. The normalized spacial score (nSPS) is 21.6. The van der Waals surface area contributed by atoms with E-state index in [2.05, 4.69) is 31.8 Å². The van der Waals surface area contributed by atoms with Gasteiger partial charge in [0.1, 0.15) is 0 Å². The Kier molecular flexibility index (Phi) is 5.56. The fourth-order valence-corrected chi connectivity index (χ4v) is 4.83. The second kappa shape index (κ2) is 8.07. The van der Waals surface area contributed by atoms with Gasteiger partial charge in [0.05, 0.1) is 22.8 Å². The first-order valence-electron chi connectivity index (χ1n) is 11.1. The van der Waals surface area contributed by atoms with Crippen LogP contribution in [-0.2, 0) is 18.4 Å². The number of aryl methyl sites for hydroxylation is 1. The Morgan fingerprint density at radius 1 is 1.31 bits per heavy atom. The number of hydrogen-bond acceptors (Lipinski definition) is 5. The topological polar surface area (TPSA) is 98.5 Å². The van der Waals surface area contributed by atoms with Crippen LogP contribution in [-0.4, -0.2) is 50.8 Å². The molecule has 32 heavy (non-hydrogen) atoms. The van der Waals surface area contributed by atoms with Crippen LogP contribution >= 0.6 is 0 Å². The molecule has 3 aliphatic rings. The Balaban J connectivity index is 1.69. The summed E-state index contributed by atoms with van der Waals surface area (Å²) in [7, 11) is 3.40. The maximum atomic E-state index is 12.9. The van der Waals surface area contributed by atoms with Gasteiger partial charge in [0.15, 0.2) is 5.65 Å². The molecule has 1 saturated heterocycles. The van der Waals surface area contributed by atoms with E-state index in [9.17, 15) is 9.59 Å². The quantitative estimate of drug-likeness (QED) is 0.587. The lowest BCUT2D eigenvalue weighted by Crippen LogP contribution is -2.50. The molecule has 0 radical (unpaired) electrons. The van der Waals surface area contributed by atoms with Gasteiger partial charge in [-0.3, -0.25) is 18.9 Å². The highest BCUT2D eigenvalue weighted by Gasteiger charge is 2.38. The van der Waals surface area contributed by atoms with E-state index in [1.165, 1.54) is 12.4 Å². The predicted molar refractivity (Wildman–Crippen MR) is 127 cm³/mol. The number of carbonyl (C=O) groups is 1. The van der Waals surface area contributed by atoms with Crippen LogP contribution in [0.4, 0.5) is 0 Å². The minimum absolute atomic E-state index is 0.00881. The highest BCUT2D eigenvalue weighted by molar-refractivity contribution is 6.12. The molecule has 5 rings (SSSR count). The number of nitrogens with zero attached hydrogens (tertiary/aromatic N) is 5. The lowest BCUT2D eigenvalue weighted by Gasteiger charge is -2.44. The molecular weight excluding hydrogens is 404 g/mol. The maximum Gasteiger partial charge on any atom is 0.330 e. The van der Waals surface area contributed by atoms with Crippen LogP contribution in [0.1, 0.15) is 39.3 Å². The monoisotopic (exact) mass is 436 g/mol. The molecule has 2 aromatic heterocycles. The molecule has 2 N–H and O–H groups in total. The van der Waals surface area contributed by atoms with Gasteiger partial charge in [-0.2, -0.15) is 0 Å². The SMILES string of the molecule is CN=CC(=CN)C(=O)N1CC2CCC1C=C2c1ccc2c(n1)n(C)c(=O)n2CC(C)(C)C. The van der Waals surface area contributed by atoms with Crippen molar-refractivity contribution in [3.8, 4) is 0 Å². The van der Waals surface area contributed by atoms with E-state index in [0.29, 0.717) is 24.3 Å². The Hall–Kier alpha value is -3.16. The van der Waals surface area contributed by atoms with Gasteiger partial charge < -0.3 is 10.6 Å². The summed E-state index contributed by atoms with van der Waals surface area (Å²) in [5, 5.41) is 0. The molecule has 1 amide bonds. The van der Waals surface area contributed by atoms with Crippen molar-refractivity contribution >= 4 is 28.9 Å². The van der Waals surface area contributed by atoms with Crippen LogP contribution in [0.15, 0.2) is 39.8 Å². The highest BCUT2D eigenvalue weighted by atomic mass is 16.2. The number of amides is 1. The summed E-state index contributed by atoms with van der Waals surface area (Å²) >= 11 is 0. The van der Waals surface area contributed by atoms with E-state index in [-0.39, 0.29) is 29.0 Å². The number of nitrogens with two attached hydrogens (primary N) is 1. The predicted octanol–water partition coefficient (Wildman–Crippen LogP) is 2.33. The third kappa shape index (κ3) is 3.78. The first-order valence-corrected chi connectivity index (χ1v) is 11.1. The molecule has 1 aliphatic carbocycles. The minimum atomic E-state index is -0.0897. The minimum Gasteiger partial charge on any atom is -0.404 e. The van der Waals surface area contributed by atoms with Crippen LogP contribution in [0.2, 0.25) is 0 Å². The zero-order chi connectivity index (χ0) is 23.2. The maximum absolute atomic E-state index is 12.9. The van der Waals surface area contributed by atoms with Crippen molar-refractivity contribution in [3.63, 3.8) is 0 Å². The fourth-order valence-electron chi connectivity index (χ4n) is 4.83. The van der Waals surface area contributed by atoms with E-state index >= 15 is 0 Å². The molecule has 8 heteroatoms. The molecule has 170 valence electrons. The Morgan fingerprint density at radius 3 is 2.66 bits per heavy atom. The van der Waals surface area contributed by atoms with E-state index in [1.807, 2.05) is 21.6 Å². The molecule has 2 aromatic rings. The second-order valence-corrected chi connectivity index (χ2v) is 9.96. The Bertz CT molecular complexity index is 1210. The summed E-state index contributed by atoms with van der Waals surface area (Å²) in [5.41, 5.74) is 9.58. The largest absolute Gasteiger partial charge is 0.404 e. The second-order valence-electron chi connectivity index (χ2n) is 9.96. The van der Waals surface area contributed by atoms with Crippen molar-refractivity contribution < 1.29 is 4.79 Å². The van der Waals surface area contributed by atoms with Gasteiger partial charge in [0, 0.05) is 45.5 Å². The van der Waals surface area contributed by atoms with Gasteiger partial charge in [0.2, 0.25) is 0 Å². The van der Waals surface area contributed by atoms with Crippen LogP contribution < -0.4 is 11.4 Å². The first-order chi connectivity index (χ1) is 15.1. The number of aromatic nitrogens is 3. The fraction of sp³-hybridized carbons (Fsp3) is 0.500. The van der Waals surface area contributed by atoms with Crippen LogP contribution in [0.3, 0.4) is 0 Å². The molecular formula is C24H32N6O2. The summed E-state index contributed by atoms with van der Waals surface area (Å²) < 4.78 is 3.44. The summed E-state index contributed by atoms with van der Waals surface area (Å²) in [6.07, 6.45) is 6.91. The van der Waals surface area contributed by atoms with E-state index in [4.69, 9.17) is 10.7 Å². The van der Waals surface area contributed by atoms with Crippen molar-refractivity contribution in [1.82, 2.24) is 19.0 Å². The van der Waals surface area contributed by atoms with Crippen molar-refractivity contribution in [3.05, 3.63) is 46.2 Å². The Labute approximate surface area is 188 Å². The number of fused-ring (bicyclic) bond motifs is 3. The molecule has 4 heterocycles. The van der Waals surface area contributed by atoms with Crippen molar-refractivity contribution in [1.29, 1.82) is 0 Å². The van der Waals surface area contributed by atoms with Gasteiger partial charge in [-0.1, -0.05) is 26.8 Å². The average molecular weight is 437 g/mol. The molecule has 8 nitrogen and oxygen atoms in total. The van der Waals surface area contributed by atoms with Crippen LogP contribution in [0.5, 0.6) is 0 Å². The standard InChI is InChI=1S/C24H32N6O2/c1-24(2,3)14-30-20-9-8-19(27-21(20)28(5)23(30)32)18-10-17-7-6-15(18)13-29(17)22(31)16(11-25)12-26-4/h8-12,15,17H,6-7,13-14,25H2,1-5H3. The molecule has 2 aliphatic heterocycles. The number of imidazole rings is 1. The third-order valence-electron chi connectivity index (χ3n) is 6.30. The van der Waals surface area contributed by atoms with Gasteiger partial charge in [-0.25, -0.2) is 9.78 Å². The molecule has 2 unspecified atom stereocenters. The van der Waals surface area contributed by atoms with Gasteiger partial charge in [-0.05, 0) is 36.0 Å². The van der Waals surface area contributed by atoms with Crippen molar-refractivity contribution in [2.75, 3.05) is 13.6 Å². The summed E-state index contributed by atoms with van der Waals surface area (Å²) in [4.78, 5) is 36.5. The van der Waals surface area contributed by atoms with E-state index < -0.39 is 0 Å². The molecule has 0 spiro atoms. The van der Waals surface area contributed by atoms with Crippen LogP contribution in [0.25, 0.3) is 16.7 Å². The lowest BCUT2D eigenvalue weighted by atomic mass is 9.78. The average Bonchev–Trinajstić information content (AvgIpc) is 3.00. The molecule has 0 saturated carbocycles. The summed E-state index contributed by atoms with van der Waals surface area (Å²) in [6.45, 7) is 7.62. The van der Waals surface area contributed by atoms with Crippen molar-refractivity contribution in [2.24, 2.45) is 29.1 Å². The third-order valence-corrected chi connectivity index (χ3v) is 6.30. The van der Waals surface area contributed by atoms with Gasteiger partial charge >= 0.3 is 5.69 Å². The molecule has 2 bridgehead atoms. The van der Waals surface area contributed by atoms with E-state index in [0.717, 1.165) is 29.6 Å². The Morgan fingerprint density at radius 2 is 2.06 bits per heavy atom. The molecule has 2 atom stereocenters. The number of piperidine rings is 1. The number of hydrogen-bond donors (Lipinski definition) is 1. The number of pyridine rings is 1. The van der Waals surface area contributed by atoms with Gasteiger partial charge in [-0.15, -0.1) is 0 Å². The smallest absolute Gasteiger partial charge is 0.330 e. The highest BCUT2D eigenvalue weighted by Crippen LogP contribution is 2.40. The lowest BCUT2D eigenvalue weighted by molar-refractivity contribution is -0.130. The molecule has 0 aromatic carbocycles. The van der Waals surface area contributed by atoms with Gasteiger partial charge in [0.25, 0.3) is 5.91 Å². The number of carbonyl (C=O) groups excluding carboxylic acids is 1. The summed E-state index contributed by atoms with van der Waals surface area (Å²) in [6, 6.07) is 4.02. The first kappa shape index (κ1) is 22.0. The van der Waals surface area contributed by atoms with Crippen LogP contribution in [0, 0.1) is 11.3 Å². The van der Waals surface area contributed by atoms with Crippen molar-refractivity contribution in [2.45, 2.75) is 46.2 Å². The zero-order valence-corrected chi connectivity index (χ0v) is 19.5. The molecule has 1 fully saturated rings. The summed E-state index contributed by atoms with van der Waals surface area (Å²) in [5.74, 6) is 0.119.